The van der Waals surface area contributed by atoms with Crippen LogP contribution in [0.15, 0.2) is 63.9 Å². The molecule has 14 bridgehead atoms. The number of hydrogen-bond acceptors (Lipinski definition) is 14. The van der Waals surface area contributed by atoms with Crippen LogP contribution in [0.1, 0.15) is 132 Å². The second kappa shape index (κ2) is 20.6. The van der Waals surface area contributed by atoms with Gasteiger partial charge in [-0.1, -0.05) is 51.0 Å². The molecule has 1 amide bonds. The molecule has 0 unspecified atom stereocenters. The third-order valence-electron chi connectivity index (χ3n) is 23.2. The van der Waals surface area contributed by atoms with E-state index in [0.717, 1.165) is 112 Å². The van der Waals surface area contributed by atoms with E-state index in [4.69, 9.17) is 18.9 Å². The normalized spacial score (nSPS) is 33.7. The van der Waals surface area contributed by atoms with E-state index < -0.39 is 60.2 Å². The molecule has 4 aliphatic carbocycles. The van der Waals surface area contributed by atoms with E-state index in [1.54, 1.807) is 19.1 Å². The summed E-state index contributed by atoms with van der Waals surface area (Å²) in [7, 11) is 0. The number of benzene rings is 3. The Kier molecular flexibility index (Phi) is 13.5. The summed E-state index contributed by atoms with van der Waals surface area (Å²) in [5.74, 6) is 8.27. The van der Waals surface area contributed by atoms with E-state index in [2.05, 4.69) is 51.2 Å². The van der Waals surface area contributed by atoms with E-state index in [9.17, 15) is 40.5 Å². The maximum Gasteiger partial charge on any atom is 0.226 e. The number of aromatic nitrogens is 2. The molecule has 16 atom stereocenters. The number of aromatic hydroxyl groups is 2. The number of H-pyrrole nitrogens is 1. The summed E-state index contributed by atoms with van der Waals surface area (Å²) < 4.78 is 17.3. The summed E-state index contributed by atoms with van der Waals surface area (Å²) in [4.78, 5) is 47.4. The third kappa shape index (κ3) is 8.68. The molecule has 4 saturated carbocycles. The monoisotopic (exact) mass is 1160 g/mol. The summed E-state index contributed by atoms with van der Waals surface area (Å²) in [6.07, 6.45) is 7.69. The molecule has 450 valence electrons. The fourth-order valence-electron chi connectivity index (χ4n) is 19.3. The van der Waals surface area contributed by atoms with Crippen molar-refractivity contribution < 1.29 is 59.5 Å². The molecule has 6 fully saturated rings. The van der Waals surface area contributed by atoms with Gasteiger partial charge in [0.15, 0.2) is 22.9 Å². The lowest BCUT2D eigenvalue weighted by Crippen LogP contribution is -2.73. The van der Waals surface area contributed by atoms with Gasteiger partial charge in [-0.3, -0.25) is 9.59 Å². The van der Waals surface area contributed by atoms with Gasteiger partial charge in [0.2, 0.25) is 5.91 Å². The number of aryl methyl sites for hydroxylation is 3. The van der Waals surface area contributed by atoms with Gasteiger partial charge < -0.3 is 65.1 Å². The molecule has 10 N–H and O–H groups in total. The van der Waals surface area contributed by atoms with Gasteiger partial charge in [-0.2, -0.15) is 0 Å². The Morgan fingerprint density at radius 1 is 0.871 bits per heavy atom. The zero-order valence-corrected chi connectivity index (χ0v) is 48.6. The van der Waals surface area contributed by atoms with Crippen molar-refractivity contribution in [3.05, 3.63) is 93.2 Å². The smallest absolute Gasteiger partial charge is 0.226 e. The van der Waals surface area contributed by atoms with Crippen LogP contribution < -0.4 is 20.8 Å². The van der Waals surface area contributed by atoms with Crippen LogP contribution in [0.2, 0.25) is 0 Å². The predicted octanol–water partition coefficient (Wildman–Crippen LogP) is 7.53. The number of aliphatic hydroxyl groups excluding tert-OH is 4. The average Bonchev–Trinajstić information content (AvgIpc) is 1.62. The number of phenolic OH excluding ortho intramolecular Hbond substituents is 2. The van der Waals surface area contributed by atoms with Gasteiger partial charge in [0.25, 0.3) is 0 Å². The Morgan fingerprint density at radius 3 is 2.53 bits per heavy atom. The van der Waals surface area contributed by atoms with Crippen LogP contribution in [-0.4, -0.2) is 118 Å². The lowest BCUT2D eigenvalue weighted by molar-refractivity contribution is -0.398. The highest BCUT2D eigenvalue weighted by Crippen LogP contribution is 2.65. The Labute approximate surface area is 493 Å². The number of ether oxygens (including phenoxy) is 1. The Morgan fingerprint density at radius 2 is 1.71 bits per heavy atom. The molecule has 3 aromatic carbocycles. The van der Waals surface area contributed by atoms with Crippen molar-refractivity contribution in [2.75, 3.05) is 13.2 Å². The standard InChI is InChI=1S/C68H80N4O13/c1-3-52-46-26-41-12-6-9-36-10-8-20-66(28-36)50(32-69-64(66)80)48-31-68-49-24-39(48)22-45-37(29-65(71-58(45)49)18-4-5-19-65)11-7-13-56(67(81,63(79)60(78)55(77)34-73)30-38-14-17-53(75)43-16-15-42(74)27-44(38)43)84-85-57(68)25-40-23-47-54(76)21-35(2)82-62(47)59(61(40)83-68)72(52)33-51(46)70-41/h14-17,21,23,26-27,33,36-37,39,45,48-50,55-58,60,63,70-71,73-75,77-79,81H,3-6,8-12,18-20,22,24-25,28-32,34H2,1-2H3,(H,69,80)/t36-,37+,39+,45+,48-,49+,50+,55+,56+,57+,58-,60+,63-,66-,67-,68-/m0/s1. The molecule has 85 heavy (non-hydrogen) atoms. The summed E-state index contributed by atoms with van der Waals surface area (Å²) in [5, 5.41) is 91.1. The van der Waals surface area contributed by atoms with Gasteiger partial charge in [-0.25, -0.2) is 9.78 Å². The molecule has 2 saturated heterocycles. The number of nitrogens with one attached hydrogen (secondary N) is 3. The van der Waals surface area contributed by atoms with E-state index in [-0.39, 0.29) is 76.3 Å². The number of amides is 1. The molecule has 3 spiro atoms. The largest absolute Gasteiger partial charge is 0.508 e. The Hall–Kier alpha value is -5.94. The minimum absolute atomic E-state index is 0.0139. The molecule has 17 nitrogen and oxygen atoms in total. The number of carbonyl (C=O) groups excluding carboxylic acids is 1. The molecule has 3 aromatic heterocycles. The number of hydrogen-bond donors (Lipinski definition) is 10. The minimum Gasteiger partial charge on any atom is -0.508 e. The maximum atomic E-state index is 15.0. The average molecular weight is 1160 g/mol. The topological polar surface area (TPSA) is 261 Å². The molecular weight excluding hydrogens is 1080 g/mol. The lowest BCUT2D eigenvalue weighted by atomic mass is 9.46. The van der Waals surface area contributed by atoms with Gasteiger partial charge in [-0.15, -0.1) is 5.92 Å². The van der Waals surface area contributed by atoms with E-state index >= 15 is 4.79 Å². The molecule has 6 aromatic rings. The van der Waals surface area contributed by atoms with Crippen molar-refractivity contribution in [2.24, 2.45) is 46.8 Å². The lowest BCUT2D eigenvalue weighted by Gasteiger charge is -2.65. The molecule has 16 rings (SSSR count). The number of piperidine rings is 1. The van der Waals surface area contributed by atoms with Gasteiger partial charge in [-0.05, 0) is 160 Å². The Balaban J connectivity index is 0.974. The first kappa shape index (κ1) is 55.6. The van der Waals surface area contributed by atoms with Crippen molar-refractivity contribution in [1.82, 2.24) is 20.2 Å². The van der Waals surface area contributed by atoms with Crippen LogP contribution in [0.5, 0.6) is 17.2 Å². The molecule has 0 radical (unpaired) electrons. The minimum atomic E-state index is -2.63. The number of carbonyl (C=O) groups is 1. The SMILES string of the molecule is CCc1c2cc3[nH]c2cn1-c1c2c(cc4c(=O)cc(C)oc14)C[C@H]1OO[C@@H]([C@@](O)(Cc4ccc(O)c5ccc(O)cc45)[C@@H](O)[C@H](O)[C@H](O)CO)C#CC[C@@H]4CC5(CCCC5)N[C@H]5[C@@H]4C[C@@H]4C[C@H]5[C@]1(C[C@@H]4[C@H]1CNC(=O)[C@]14CCC[C@H](CCC3)C4)O2. The summed E-state index contributed by atoms with van der Waals surface area (Å²) >= 11 is 0. The summed E-state index contributed by atoms with van der Waals surface area (Å²) in [6.45, 7) is 3.56. The second-order valence-electron chi connectivity index (χ2n) is 27.7. The summed E-state index contributed by atoms with van der Waals surface area (Å²) in [6, 6.07) is 13.0. The molecular formula is C68H80N4O13. The Bertz CT molecular complexity index is 3780. The quantitative estimate of drug-likeness (QED) is 0.0522. The highest BCUT2D eigenvalue weighted by Gasteiger charge is 2.68. The second-order valence-corrected chi connectivity index (χ2v) is 27.7. The number of rotatable bonds is 8. The van der Waals surface area contributed by atoms with E-state index in [0.29, 0.717) is 81.8 Å². The predicted molar refractivity (Wildman–Crippen MR) is 316 cm³/mol. The van der Waals surface area contributed by atoms with Gasteiger partial charge >= 0.3 is 0 Å². The van der Waals surface area contributed by atoms with Crippen LogP contribution in [0, 0.1) is 65.6 Å². The van der Waals surface area contributed by atoms with Crippen LogP contribution in [-0.2, 0) is 40.3 Å². The first-order chi connectivity index (χ1) is 41.0. The highest BCUT2D eigenvalue weighted by molar-refractivity contribution is 5.94. The number of nitrogens with zero attached hydrogens (tertiary/aromatic N) is 1. The van der Waals surface area contributed by atoms with Crippen molar-refractivity contribution in [2.45, 2.75) is 189 Å². The molecule has 6 aliphatic heterocycles. The molecule has 10 aliphatic rings. The number of aliphatic hydroxyl groups is 5. The molecule has 17 heteroatoms. The van der Waals surface area contributed by atoms with Crippen LogP contribution in [0.3, 0.4) is 0 Å². The third-order valence-corrected chi connectivity index (χ3v) is 23.2. The maximum absolute atomic E-state index is 15.0. The van der Waals surface area contributed by atoms with Gasteiger partial charge in [0.1, 0.15) is 58.6 Å². The zero-order chi connectivity index (χ0) is 58.5. The van der Waals surface area contributed by atoms with E-state index in [1.165, 1.54) is 24.3 Å². The first-order valence-corrected chi connectivity index (χ1v) is 31.7. The molecule has 9 heterocycles. The van der Waals surface area contributed by atoms with Crippen molar-refractivity contribution in [1.29, 1.82) is 0 Å². The van der Waals surface area contributed by atoms with Crippen LogP contribution >= 0.6 is 0 Å². The number of fused-ring (bicyclic) bond motifs is 5. The van der Waals surface area contributed by atoms with Gasteiger partial charge in [0.05, 0.1) is 22.9 Å². The van der Waals surface area contributed by atoms with E-state index in [1.807, 2.05) is 6.07 Å². The van der Waals surface area contributed by atoms with Crippen molar-refractivity contribution in [3.8, 4) is 34.8 Å². The van der Waals surface area contributed by atoms with Crippen LogP contribution in [0.4, 0.5) is 0 Å². The fraction of sp³-hybridized carbons (Fsp3) is 0.588. The van der Waals surface area contributed by atoms with Crippen LogP contribution in [0.25, 0.3) is 38.3 Å². The van der Waals surface area contributed by atoms with Gasteiger partial charge in [0, 0.05) is 83.3 Å². The van der Waals surface area contributed by atoms with Crippen molar-refractivity contribution in [3.63, 3.8) is 0 Å². The number of phenols is 2. The fourth-order valence-corrected chi connectivity index (χ4v) is 19.3. The van der Waals surface area contributed by atoms with Crippen molar-refractivity contribution >= 4 is 38.6 Å². The first-order valence-electron chi connectivity index (χ1n) is 31.7. The zero-order valence-electron chi connectivity index (χ0n) is 48.6. The summed E-state index contributed by atoms with van der Waals surface area (Å²) in [5.41, 5.74) is 0.371. The number of aromatic amines is 1. The highest BCUT2D eigenvalue weighted by atomic mass is 17.2.